The van der Waals surface area contributed by atoms with Crippen molar-refractivity contribution in [3.63, 3.8) is 0 Å². The highest BCUT2D eigenvalue weighted by molar-refractivity contribution is 6.90. The normalized spacial score (nSPS) is 12.9. The molecule has 0 aromatic heterocycles. The Morgan fingerprint density at radius 3 is 2.33 bits per heavy atom. The van der Waals surface area contributed by atoms with Crippen molar-refractivity contribution in [1.29, 1.82) is 0 Å². The highest BCUT2D eigenvalue weighted by Crippen LogP contribution is 2.13. The third-order valence-corrected chi connectivity index (χ3v) is 6.19. The molecular formula is C14H22Si. The van der Waals surface area contributed by atoms with Crippen molar-refractivity contribution in [2.75, 3.05) is 0 Å². The van der Waals surface area contributed by atoms with Crippen molar-refractivity contribution >= 4 is 13.3 Å². The van der Waals surface area contributed by atoms with E-state index in [4.69, 9.17) is 0 Å². The van der Waals surface area contributed by atoms with Crippen LogP contribution in [0.25, 0.3) is 0 Å². The molecule has 0 bridgehead atoms. The molecule has 0 aliphatic heterocycles. The second-order valence-electron chi connectivity index (χ2n) is 4.86. The molecule has 0 amide bonds. The van der Waals surface area contributed by atoms with Gasteiger partial charge in [0.2, 0.25) is 0 Å². The Balaban J connectivity index is 2.76. The molecule has 0 N–H and O–H groups in total. The van der Waals surface area contributed by atoms with Crippen LogP contribution >= 0.6 is 0 Å². The molecule has 0 fully saturated rings. The molecule has 0 aliphatic carbocycles. The third kappa shape index (κ3) is 3.67. The minimum atomic E-state index is -1.23. The van der Waals surface area contributed by atoms with E-state index in [1.807, 2.05) is 0 Å². The molecule has 0 spiro atoms. The lowest BCUT2D eigenvalue weighted by molar-refractivity contribution is 1.09. The highest BCUT2D eigenvalue weighted by atomic mass is 28.3. The van der Waals surface area contributed by atoms with Crippen molar-refractivity contribution in [2.24, 2.45) is 0 Å². The Morgan fingerprint density at radius 1 is 1.20 bits per heavy atom. The summed E-state index contributed by atoms with van der Waals surface area (Å²) in [4.78, 5) is 0. The molecule has 0 saturated heterocycles. The van der Waals surface area contributed by atoms with Gasteiger partial charge in [0.05, 0.1) is 8.07 Å². The molecule has 0 radical (unpaired) electrons. The maximum atomic E-state index is 2.45. The predicted molar refractivity (Wildman–Crippen MR) is 72.4 cm³/mol. The molecule has 1 heteroatoms. The molecule has 1 aromatic rings. The van der Waals surface area contributed by atoms with Crippen LogP contribution in [0.4, 0.5) is 0 Å². The molecule has 1 rings (SSSR count). The number of rotatable bonds is 4. The fourth-order valence-electron chi connectivity index (χ4n) is 1.58. The lowest BCUT2D eigenvalue weighted by atomic mass is 10.2. The minimum Gasteiger partial charge on any atom is -0.0880 e. The van der Waals surface area contributed by atoms with Crippen LogP contribution in [0.2, 0.25) is 19.1 Å². The van der Waals surface area contributed by atoms with Crippen LogP contribution in [0.5, 0.6) is 0 Å². The predicted octanol–water partition coefficient (Wildman–Crippen LogP) is 3.96. The summed E-state index contributed by atoms with van der Waals surface area (Å²) >= 11 is 0. The van der Waals surface area contributed by atoms with Crippen molar-refractivity contribution in [1.82, 2.24) is 0 Å². The fourth-order valence-corrected chi connectivity index (χ4v) is 3.77. The van der Waals surface area contributed by atoms with E-state index in [9.17, 15) is 0 Å². The molecular weight excluding hydrogens is 196 g/mol. The van der Waals surface area contributed by atoms with Gasteiger partial charge in [-0.3, -0.25) is 0 Å². The zero-order chi connectivity index (χ0) is 11.3. The summed E-state index contributed by atoms with van der Waals surface area (Å²) in [7, 11) is -1.23. The Hall–Kier alpha value is -0.823. The first kappa shape index (κ1) is 12.2. The van der Waals surface area contributed by atoms with E-state index in [2.05, 4.69) is 63.3 Å². The van der Waals surface area contributed by atoms with E-state index < -0.39 is 8.07 Å². The van der Waals surface area contributed by atoms with Gasteiger partial charge in [0.1, 0.15) is 0 Å². The van der Waals surface area contributed by atoms with E-state index in [1.165, 1.54) is 18.0 Å². The van der Waals surface area contributed by atoms with Crippen LogP contribution in [0, 0.1) is 0 Å². The van der Waals surface area contributed by atoms with Gasteiger partial charge in [-0.05, 0) is 19.4 Å². The van der Waals surface area contributed by atoms with Crippen molar-refractivity contribution in [2.45, 2.75) is 39.4 Å². The Labute approximate surface area is 95.0 Å². The number of hydrogen-bond acceptors (Lipinski definition) is 0. The largest absolute Gasteiger partial charge is 0.0880 e. The SMILES string of the molecule is CC/C(C)=C\C[Si](C)(C)c1ccccc1. The van der Waals surface area contributed by atoms with Crippen molar-refractivity contribution < 1.29 is 0 Å². The lowest BCUT2D eigenvalue weighted by Crippen LogP contribution is -2.40. The zero-order valence-corrected chi connectivity index (χ0v) is 11.4. The maximum Gasteiger partial charge on any atom is 0.0843 e. The van der Waals surface area contributed by atoms with Crippen LogP contribution in [-0.2, 0) is 0 Å². The van der Waals surface area contributed by atoms with Gasteiger partial charge in [-0.25, -0.2) is 0 Å². The van der Waals surface area contributed by atoms with E-state index in [0.29, 0.717) is 0 Å². The van der Waals surface area contributed by atoms with E-state index in [1.54, 1.807) is 5.19 Å². The van der Waals surface area contributed by atoms with Crippen LogP contribution in [-0.4, -0.2) is 8.07 Å². The topological polar surface area (TPSA) is 0 Å². The summed E-state index contributed by atoms with van der Waals surface area (Å²) in [5.74, 6) is 0. The molecule has 0 unspecified atom stereocenters. The Bertz CT molecular complexity index is 322. The first-order valence-electron chi connectivity index (χ1n) is 5.77. The van der Waals surface area contributed by atoms with Gasteiger partial charge in [-0.2, -0.15) is 0 Å². The fraction of sp³-hybridized carbons (Fsp3) is 0.429. The molecule has 0 heterocycles. The molecule has 1 aromatic carbocycles. The highest BCUT2D eigenvalue weighted by Gasteiger charge is 2.21. The second kappa shape index (κ2) is 5.31. The van der Waals surface area contributed by atoms with Crippen LogP contribution in [0.1, 0.15) is 20.3 Å². The monoisotopic (exact) mass is 218 g/mol. The zero-order valence-electron chi connectivity index (χ0n) is 10.4. The standard InChI is InChI=1S/C14H22Si/c1-5-13(2)11-12-15(3,4)14-9-7-6-8-10-14/h6-11H,5,12H2,1-4H3/b13-11-. The number of allylic oxidation sites excluding steroid dienone is 2. The van der Waals surface area contributed by atoms with Crippen LogP contribution in [0.15, 0.2) is 42.0 Å². The summed E-state index contributed by atoms with van der Waals surface area (Å²) < 4.78 is 0. The first-order valence-corrected chi connectivity index (χ1v) is 8.98. The van der Waals surface area contributed by atoms with E-state index in [0.717, 1.165) is 0 Å². The molecule has 15 heavy (non-hydrogen) atoms. The van der Waals surface area contributed by atoms with Crippen molar-refractivity contribution in [3.05, 3.63) is 42.0 Å². The summed E-state index contributed by atoms with van der Waals surface area (Å²) in [6, 6.07) is 12.2. The quantitative estimate of drug-likeness (QED) is 0.530. The van der Waals surface area contributed by atoms with E-state index >= 15 is 0 Å². The van der Waals surface area contributed by atoms with Crippen LogP contribution in [0.3, 0.4) is 0 Å². The van der Waals surface area contributed by atoms with Gasteiger partial charge in [0.15, 0.2) is 0 Å². The summed E-state index contributed by atoms with van der Waals surface area (Å²) in [6.07, 6.45) is 3.61. The second-order valence-corrected chi connectivity index (χ2v) is 9.61. The Morgan fingerprint density at radius 2 is 1.80 bits per heavy atom. The first-order chi connectivity index (χ1) is 7.06. The van der Waals surface area contributed by atoms with Crippen molar-refractivity contribution in [3.8, 4) is 0 Å². The molecule has 0 aliphatic rings. The smallest absolute Gasteiger partial charge is 0.0843 e. The van der Waals surface area contributed by atoms with Gasteiger partial charge in [-0.1, -0.05) is 67.2 Å². The minimum absolute atomic E-state index is 1.18. The average Bonchev–Trinajstić information content (AvgIpc) is 2.27. The van der Waals surface area contributed by atoms with Gasteiger partial charge < -0.3 is 0 Å². The van der Waals surface area contributed by atoms with Gasteiger partial charge in [-0.15, -0.1) is 0 Å². The number of hydrogen-bond donors (Lipinski definition) is 0. The van der Waals surface area contributed by atoms with Gasteiger partial charge in [0.25, 0.3) is 0 Å². The maximum absolute atomic E-state index is 2.45. The van der Waals surface area contributed by atoms with Gasteiger partial charge >= 0.3 is 0 Å². The summed E-state index contributed by atoms with van der Waals surface area (Å²) in [6.45, 7) is 9.35. The summed E-state index contributed by atoms with van der Waals surface area (Å²) in [5, 5.41) is 1.56. The average molecular weight is 218 g/mol. The Kier molecular flexibility index (Phi) is 4.34. The molecule has 0 nitrogen and oxygen atoms in total. The van der Waals surface area contributed by atoms with E-state index in [-0.39, 0.29) is 0 Å². The third-order valence-electron chi connectivity index (χ3n) is 3.07. The van der Waals surface area contributed by atoms with Gasteiger partial charge in [0, 0.05) is 0 Å². The summed E-state index contributed by atoms with van der Waals surface area (Å²) in [5.41, 5.74) is 1.52. The van der Waals surface area contributed by atoms with Crippen LogP contribution < -0.4 is 5.19 Å². The molecule has 82 valence electrons. The number of benzene rings is 1. The molecule has 0 saturated carbocycles. The molecule has 0 atom stereocenters. The lowest BCUT2D eigenvalue weighted by Gasteiger charge is -2.21.